The average Bonchev–Trinajstić information content (AvgIpc) is 2.92. The van der Waals surface area contributed by atoms with Gasteiger partial charge in [-0.15, -0.1) is 11.3 Å². The highest BCUT2D eigenvalue weighted by molar-refractivity contribution is 7.14. The summed E-state index contributed by atoms with van der Waals surface area (Å²) in [6, 6.07) is 9.36. The summed E-state index contributed by atoms with van der Waals surface area (Å²) in [7, 11) is 0. The lowest BCUT2D eigenvalue weighted by Gasteiger charge is -2.06. The fraction of sp³-hybridized carbons (Fsp3) is 0.294. The van der Waals surface area contributed by atoms with E-state index in [4.69, 9.17) is 0 Å². The summed E-state index contributed by atoms with van der Waals surface area (Å²) in [6.07, 6.45) is 2.75. The lowest BCUT2D eigenvalue weighted by Crippen LogP contribution is -2.22. The third-order valence-electron chi connectivity index (χ3n) is 3.76. The molecule has 0 unspecified atom stereocenters. The lowest BCUT2D eigenvalue weighted by molar-refractivity contribution is 0.0956. The second-order valence-corrected chi connectivity index (χ2v) is 6.35. The molecule has 108 valence electrons. The van der Waals surface area contributed by atoms with Gasteiger partial charge in [0.1, 0.15) is 0 Å². The van der Waals surface area contributed by atoms with Crippen molar-refractivity contribution >= 4 is 23.0 Å². The van der Waals surface area contributed by atoms with Crippen molar-refractivity contribution < 1.29 is 9.59 Å². The van der Waals surface area contributed by atoms with Gasteiger partial charge in [-0.2, -0.15) is 0 Å². The molecule has 1 aromatic carbocycles. The first-order valence-corrected chi connectivity index (χ1v) is 8.05. The van der Waals surface area contributed by atoms with Crippen LogP contribution in [0.25, 0.3) is 0 Å². The molecule has 1 aromatic heterocycles. The fourth-order valence-corrected chi connectivity index (χ4v) is 3.46. The zero-order valence-corrected chi connectivity index (χ0v) is 12.8. The number of hydrogen-bond acceptors (Lipinski definition) is 3. The smallest absolute Gasteiger partial charge is 0.251 e. The third-order valence-corrected chi connectivity index (χ3v) is 4.99. The summed E-state index contributed by atoms with van der Waals surface area (Å²) in [6.45, 7) is 2.77. The molecule has 0 aliphatic carbocycles. The number of amides is 1. The zero-order valence-electron chi connectivity index (χ0n) is 11.9. The van der Waals surface area contributed by atoms with Crippen LogP contribution in [-0.4, -0.2) is 18.2 Å². The Morgan fingerprint density at radius 1 is 1.29 bits per heavy atom. The van der Waals surface area contributed by atoms with Gasteiger partial charge in [0.25, 0.3) is 5.91 Å². The van der Waals surface area contributed by atoms with E-state index in [1.54, 1.807) is 6.07 Å². The summed E-state index contributed by atoms with van der Waals surface area (Å²) >= 11 is 1.53. The van der Waals surface area contributed by atoms with Gasteiger partial charge < -0.3 is 5.32 Å². The Labute approximate surface area is 128 Å². The van der Waals surface area contributed by atoms with Gasteiger partial charge in [0.05, 0.1) is 4.88 Å². The third kappa shape index (κ3) is 2.76. The van der Waals surface area contributed by atoms with Crippen LogP contribution < -0.4 is 5.32 Å². The minimum atomic E-state index is -0.0717. The lowest BCUT2D eigenvalue weighted by atomic mass is 9.98. The van der Waals surface area contributed by atoms with Crippen LogP contribution in [0, 0.1) is 0 Å². The minimum absolute atomic E-state index is 0.000420. The zero-order chi connectivity index (χ0) is 14.8. The number of carbonyl (C=O) groups is 2. The number of thiophene rings is 1. The predicted octanol–water partition coefficient (Wildman–Crippen LogP) is 3.22. The molecule has 1 N–H and O–H groups in total. The first-order valence-electron chi connectivity index (χ1n) is 7.23. The molecule has 4 heteroatoms. The van der Waals surface area contributed by atoms with E-state index < -0.39 is 0 Å². The minimum Gasteiger partial charge on any atom is -0.352 e. The van der Waals surface area contributed by atoms with Crippen molar-refractivity contribution in [3.63, 3.8) is 0 Å². The molecular weight excluding hydrogens is 282 g/mol. The largest absolute Gasteiger partial charge is 0.352 e. The van der Waals surface area contributed by atoms with Gasteiger partial charge in [-0.25, -0.2) is 0 Å². The van der Waals surface area contributed by atoms with E-state index in [0.717, 1.165) is 29.7 Å². The molecule has 1 amide bonds. The van der Waals surface area contributed by atoms with Crippen LogP contribution in [0.1, 0.15) is 49.4 Å². The van der Waals surface area contributed by atoms with Crippen molar-refractivity contribution in [2.45, 2.75) is 26.2 Å². The number of carbonyl (C=O) groups excluding carboxylic acids is 2. The van der Waals surface area contributed by atoms with E-state index in [0.29, 0.717) is 17.7 Å². The molecule has 0 radical (unpaired) electrons. The summed E-state index contributed by atoms with van der Waals surface area (Å²) < 4.78 is 0. The maximum Gasteiger partial charge on any atom is 0.251 e. The van der Waals surface area contributed by atoms with Crippen LogP contribution in [0.3, 0.4) is 0 Å². The van der Waals surface area contributed by atoms with E-state index in [9.17, 15) is 9.59 Å². The Morgan fingerprint density at radius 3 is 2.90 bits per heavy atom. The van der Waals surface area contributed by atoms with E-state index >= 15 is 0 Å². The molecule has 2 heterocycles. The van der Waals surface area contributed by atoms with Crippen molar-refractivity contribution in [1.29, 1.82) is 0 Å². The summed E-state index contributed by atoms with van der Waals surface area (Å²) in [5.41, 5.74) is 2.27. The van der Waals surface area contributed by atoms with Crippen molar-refractivity contribution in [2.24, 2.45) is 0 Å². The van der Waals surface area contributed by atoms with Crippen molar-refractivity contribution in [2.75, 3.05) is 6.54 Å². The molecule has 3 rings (SSSR count). The van der Waals surface area contributed by atoms with Gasteiger partial charge in [0, 0.05) is 22.5 Å². The molecular formula is C17H17NO2S. The van der Waals surface area contributed by atoms with Gasteiger partial charge in [-0.3, -0.25) is 9.59 Å². The van der Waals surface area contributed by atoms with Crippen LogP contribution in [0.2, 0.25) is 0 Å². The molecule has 0 saturated heterocycles. The molecule has 21 heavy (non-hydrogen) atoms. The van der Waals surface area contributed by atoms with Crippen molar-refractivity contribution in [3.8, 4) is 0 Å². The van der Waals surface area contributed by atoms with E-state index in [1.165, 1.54) is 16.2 Å². The van der Waals surface area contributed by atoms with Gasteiger partial charge in [0.15, 0.2) is 0 Å². The average molecular weight is 299 g/mol. The van der Waals surface area contributed by atoms with Crippen molar-refractivity contribution in [1.82, 2.24) is 5.32 Å². The molecule has 1 aliphatic rings. The fourth-order valence-electron chi connectivity index (χ4n) is 2.56. The topological polar surface area (TPSA) is 46.2 Å². The van der Waals surface area contributed by atoms with Crippen LogP contribution in [0.15, 0.2) is 30.3 Å². The normalized spacial score (nSPS) is 14.2. The van der Waals surface area contributed by atoms with E-state index in [-0.39, 0.29) is 11.7 Å². The molecule has 0 atom stereocenters. The summed E-state index contributed by atoms with van der Waals surface area (Å²) in [5.74, 6) is -0.0721. The first kappa shape index (κ1) is 14.0. The Bertz CT molecular complexity index is 703. The molecule has 0 bridgehead atoms. The quantitative estimate of drug-likeness (QED) is 0.885. The maximum atomic E-state index is 12.5. The second kappa shape index (κ2) is 5.82. The molecule has 3 nitrogen and oxygen atoms in total. The van der Waals surface area contributed by atoms with Gasteiger partial charge in [0.2, 0.25) is 5.78 Å². The number of benzene rings is 1. The second-order valence-electron chi connectivity index (χ2n) is 5.18. The standard InChI is InChI=1S/C17H17NO2S/c1-2-13-7-8-15(21-13)16(19)12-6-5-11-4-3-9-18-17(20)14(11)10-12/h5-8,10H,2-4,9H2,1H3,(H,18,20). The highest BCUT2D eigenvalue weighted by atomic mass is 32.1. The van der Waals surface area contributed by atoms with Gasteiger partial charge in [-0.05, 0) is 43.0 Å². The van der Waals surface area contributed by atoms with Gasteiger partial charge >= 0.3 is 0 Å². The Kier molecular flexibility index (Phi) is 3.88. The maximum absolute atomic E-state index is 12.5. The Balaban J connectivity index is 1.96. The number of fused-ring (bicyclic) bond motifs is 1. The number of rotatable bonds is 3. The molecule has 1 aliphatic heterocycles. The monoisotopic (exact) mass is 299 g/mol. The number of hydrogen-bond donors (Lipinski definition) is 1. The number of nitrogens with one attached hydrogen (secondary N) is 1. The highest BCUT2D eigenvalue weighted by Gasteiger charge is 2.18. The summed E-state index contributed by atoms with van der Waals surface area (Å²) in [5, 5.41) is 2.87. The number of ketones is 1. The SMILES string of the molecule is CCc1ccc(C(=O)c2ccc3c(c2)C(=O)NCCC3)s1. The van der Waals surface area contributed by atoms with Crippen LogP contribution in [0.5, 0.6) is 0 Å². The predicted molar refractivity (Wildman–Crippen MR) is 84.2 cm³/mol. The highest BCUT2D eigenvalue weighted by Crippen LogP contribution is 2.23. The van der Waals surface area contributed by atoms with Crippen LogP contribution in [0.4, 0.5) is 0 Å². The molecule has 2 aromatic rings. The van der Waals surface area contributed by atoms with E-state index in [2.05, 4.69) is 12.2 Å². The van der Waals surface area contributed by atoms with Crippen LogP contribution in [-0.2, 0) is 12.8 Å². The molecule has 0 spiro atoms. The molecule has 0 saturated carbocycles. The Hall–Kier alpha value is -1.94. The summed E-state index contributed by atoms with van der Waals surface area (Å²) in [4.78, 5) is 26.5. The van der Waals surface area contributed by atoms with Crippen LogP contribution >= 0.6 is 11.3 Å². The number of aryl methyl sites for hydroxylation is 2. The Morgan fingerprint density at radius 2 is 2.14 bits per heavy atom. The van der Waals surface area contributed by atoms with E-state index in [1.807, 2.05) is 24.3 Å². The first-order chi connectivity index (χ1) is 10.2. The van der Waals surface area contributed by atoms with Gasteiger partial charge in [-0.1, -0.05) is 19.1 Å². The van der Waals surface area contributed by atoms with Crippen molar-refractivity contribution in [3.05, 3.63) is 56.8 Å². The molecule has 0 fully saturated rings.